The Balaban J connectivity index is 1.27. The third kappa shape index (κ3) is 3.78. The van der Waals surface area contributed by atoms with Crippen molar-refractivity contribution in [3.05, 3.63) is 18.2 Å². The molecule has 0 unspecified atom stereocenters. The first-order chi connectivity index (χ1) is 15.1. The fourth-order valence-electron chi connectivity index (χ4n) is 3.93. The van der Waals surface area contributed by atoms with Crippen LogP contribution in [0, 0.1) is 0 Å². The van der Waals surface area contributed by atoms with E-state index in [0.717, 1.165) is 5.56 Å². The number of hydrogen-bond donors (Lipinski definition) is 2. The van der Waals surface area contributed by atoms with Crippen LogP contribution < -0.4 is 14.8 Å². The lowest BCUT2D eigenvalue weighted by Crippen LogP contribution is -2.45. The quantitative estimate of drug-likeness (QED) is 0.552. The van der Waals surface area contributed by atoms with E-state index in [-0.39, 0.29) is 44.3 Å². The summed E-state index contributed by atoms with van der Waals surface area (Å²) in [4.78, 5) is 22.5. The van der Waals surface area contributed by atoms with Crippen molar-refractivity contribution in [2.75, 3.05) is 33.2 Å². The van der Waals surface area contributed by atoms with Crippen molar-refractivity contribution in [3.8, 4) is 22.9 Å². The van der Waals surface area contributed by atoms with Gasteiger partial charge in [-0.25, -0.2) is 9.48 Å². The fourth-order valence-corrected chi connectivity index (χ4v) is 3.93. The molecule has 0 saturated carbocycles. The molecular formula is C18H19N5O8. The van der Waals surface area contributed by atoms with Crippen LogP contribution in [-0.2, 0) is 23.8 Å². The van der Waals surface area contributed by atoms with Crippen LogP contribution in [0.3, 0.4) is 0 Å². The van der Waals surface area contributed by atoms with E-state index in [4.69, 9.17) is 28.8 Å². The number of carboxylic acid groups (broad SMARTS) is 1. The van der Waals surface area contributed by atoms with Gasteiger partial charge in [-0.2, -0.15) is 0 Å². The fraction of sp³-hybridized carbons (Fsp3) is 0.500. The van der Waals surface area contributed by atoms with Gasteiger partial charge in [-0.1, -0.05) is 0 Å². The maximum absolute atomic E-state index is 12.0. The van der Waals surface area contributed by atoms with Gasteiger partial charge in [0.05, 0.1) is 19.3 Å². The Kier molecular flexibility index (Phi) is 5.13. The molecule has 0 radical (unpaired) electrons. The summed E-state index contributed by atoms with van der Waals surface area (Å²) in [7, 11) is 0. The summed E-state index contributed by atoms with van der Waals surface area (Å²) in [5, 5.41) is 23.4. The number of aromatic nitrogens is 4. The average molecular weight is 433 g/mol. The molecule has 2 saturated heterocycles. The molecule has 1 aromatic heterocycles. The summed E-state index contributed by atoms with van der Waals surface area (Å²) in [6.07, 6.45) is -0.747. The maximum atomic E-state index is 12.0. The van der Waals surface area contributed by atoms with Crippen LogP contribution in [-0.4, -0.2) is 88.7 Å². The molecule has 5 rings (SSSR count). The number of fused-ring (bicyclic) bond motifs is 2. The van der Waals surface area contributed by atoms with Crippen molar-refractivity contribution >= 4 is 11.9 Å². The molecule has 31 heavy (non-hydrogen) atoms. The first-order valence-corrected chi connectivity index (χ1v) is 9.60. The Hall–Kier alpha value is -3.29. The molecule has 3 aliphatic rings. The second-order valence-corrected chi connectivity index (χ2v) is 7.24. The monoisotopic (exact) mass is 433 g/mol. The van der Waals surface area contributed by atoms with Gasteiger partial charge in [0.25, 0.3) is 0 Å². The lowest BCUT2D eigenvalue weighted by atomic mass is 10.1. The van der Waals surface area contributed by atoms with Crippen molar-refractivity contribution < 1.29 is 38.4 Å². The third-order valence-electron chi connectivity index (χ3n) is 5.27. The number of hydrogen-bond acceptors (Lipinski definition) is 10. The minimum absolute atomic E-state index is 0.173. The molecule has 2 aromatic rings. The Labute approximate surface area is 175 Å². The SMILES string of the molecule is O=C(O)COCC(=O)N[C@H]1CO[C@H]2[C@@H]1OC[C@@H]2n1nnnc1-c1ccc2c(c1)OCO2. The number of nitrogens with one attached hydrogen (secondary N) is 1. The highest BCUT2D eigenvalue weighted by molar-refractivity contribution is 5.78. The van der Waals surface area contributed by atoms with Gasteiger partial charge in [-0.3, -0.25) is 4.79 Å². The minimum atomic E-state index is -1.14. The highest BCUT2D eigenvalue weighted by Gasteiger charge is 2.50. The minimum Gasteiger partial charge on any atom is -0.480 e. The van der Waals surface area contributed by atoms with Crippen molar-refractivity contribution in [2.24, 2.45) is 0 Å². The van der Waals surface area contributed by atoms with E-state index in [0.29, 0.717) is 23.9 Å². The molecule has 13 heteroatoms. The second kappa shape index (κ2) is 8.09. The van der Waals surface area contributed by atoms with Crippen LogP contribution in [0.2, 0.25) is 0 Å². The van der Waals surface area contributed by atoms with Gasteiger partial charge in [0, 0.05) is 5.56 Å². The summed E-state index contributed by atoms with van der Waals surface area (Å²) in [6.45, 7) is -0.171. The van der Waals surface area contributed by atoms with Crippen LogP contribution >= 0.6 is 0 Å². The number of carbonyl (C=O) groups excluding carboxylic acids is 1. The van der Waals surface area contributed by atoms with Crippen molar-refractivity contribution in [3.63, 3.8) is 0 Å². The molecular weight excluding hydrogens is 414 g/mol. The molecule has 0 spiro atoms. The molecule has 164 valence electrons. The summed E-state index contributed by atoms with van der Waals surface area (Å²) >= 11 is 0. The van der Waals surface area contributed by atoms with Crippen LogP contribution in [0.25, 0.3) is 11.4 Å². The van der Waals surface area contributed by atoms with E-state index in [9.17, 15) is 9.59 Å². The number of benzene rings is 1. The van der Waals surface area contributed by atoms with Crippen molar-refractivity contribution in [1.82, 2.24) is 25.5 Å². The number of aliphatic carboxylic acids is 1. The van der Waals surface area contributed by atoms with Crippen LogP contribution in [0.5, 0.6) is 11.5 Å². The smallest absolute Gasteiger partial charge is 0.329 e. The van der Waals surface area contributed by atoms with Gasteiger partial charge in [-0.05, 0) is 28.6 Å². The number of carbonyl (C=O) groups is 2. The normalized spacial score (nSPS) is 26.1. The lowest BCUT2D eigenvalue weighted by Gasteiger charge is -2.18. The van der Waals surface area contributed by atoms with Gasteiger partial charge in [0.2, 0.25) is 12.7 Å². The number of tetrazole rings is 1. The zero-order valence-corrected chi connectivity index (χ0v) is 16.2. The first-order valence-electron chi connectivity index (χ1n) is 9.60. The zero-order chi connectivity index (χ0) is 21.4. The molecule has 4 atom stereocenters. The molecule has 1 aromatic carbocycles. The Morgan fingerprint density at radius 1 is 1.16 bits per heavy atom. The van der Waals surface area contributed by atoms with Gasteiger partial charge < -0.3 is 34.1 Å². The summed E-state index contributed by atoms with van der Waals surface area (Å²) in [5.41, 5.74) is 0.760. The highest BCUT2D eigenvalue weighted by atomic mass is 16.7. The van der Waals surface area contributed by atoms with Crippen LogP contribution in [0.1, 0.15) is 6.04 Å². The van der Waals surface area contributed by atoms with E-state index in [2.05, 4.69) is 20.8 Å². The number of ether oxygens (including phenoxy) is 5. The topological polar surface area (TPSA) is 156 Å². The van der Waals surface area contributed by atoms with E-state index >= 15 is 0 Å². The van der Waals surface area contributed by atoms with Crippen molar-refractivity contribution in [2.45, 2.75) is 24.3 Å². The van der Waals surface area contributed by atoms with Gasteiger partial charge in [0.1, 0.15) is 31.5 Å². The molecule has 13 nitrogen and oxygen atoms in total. The van der Waals surface area contributed by atoms with Gasteiger partial charge in [-0.15, -0.1) is 5.10 Å². The summed E-state index contributed by atoms with van der Waals surface area (Å²) in [5.74, 6) is 0.241. The predicted octanol–water partition coefficient (Wildman–Crippen LogP) is -1.01. The van der Waals surface area contributed by atoms with E-state index in [1.165, 1.54) is 0 Å². The average Bonchev–Trinajstić information content (AvgIpc) is 3.52. The van der Waals surface area contributed by atoms with E-state index < -0.39 is 18.5 Å². The van der Waals surface area contributed by atoms with E-state index in [1.54, 1.807) is 10.7 Å². The number of amides is 1. The highest BCUT2D eigenvalue weighted by Crippen LogP contribution is 2.38. The number of rotatable bonds is 7. The zero-order valence-electron chi connectivity index (χ0n) is 16.2. The summed E-state index contributed by atoms with van der Waals surface area (Å²) in [6, 6.07) is 4.79. The second-order valence-electron chi connectivity index (χ2n) is 7.24. The Morgan fingerprint density at radius 3 is 2.87 bits per heavy atom. The van der Waals surface area contributed by atoms with Crippen molar-refractivity contribution in [1.29, 1.82) is 0 Å². The largest absolute Gasteiger partial charge is 0.480 e. The summed E-state index contributed by atoms with van der Waals surface area (Å²) < 4.78 is 29.0. The lowest BCUT2D eigenvalue weighted by molar-refractivity contribution is -0.143. The molecule has 2 N–H and O–H groups in total. The maximum Gasteiger partial charge on any atom is 0.329 e. The Morgan fingerprint density at radius 2 is 2.00 bits per heavy atom. The van der Waals surface area contributed by atoms with E-state index in [1.807, 2.05) is 12.1 Å². The predicted molar refractivity (Wildman–Crippen MR) is 98.3 cm³/mol. The number of nitrogens with zero attached hydrogens (tertiary/aromatic N) is 4. The molecule has 0 aliphatic carbocycles. The Bertz CT molecular complexity index is 997. The molecule has 1 amide bonds. The van der Waals surface area contributed by atoms with Crippen LogP contribution in [0.4, 0.5) is 0 Å². The van der Waals surface area contributed by atoms with Crippen LogP contribution in [0.15, 0.2) is 18.2 Å². The first kappa shape index (κ1) is 19.7. The third-order valence-corrected chi connectivity index (χ3v) is 5.27. The van der Waals surface area contributed by atoms with Gasteiger partial charge in [0.15, 0.2) is 17.3 Å². The standard InChI is InChI=1S/C18H19N5O8/c24-14(6-27-7-15(25)26)19-10-4-28-17-11(5-29-16(10)17)23-18(20-21-22-23)9-1-2-12-13(3-9)31-8-30-12/h1-3,10-11,16-17H,4-8H2,(H,19,24)(H,25,26)/t10-,11-,16+,17+/m0/s1. The molecule has 2 fully saturated rings. The molecule has 3 aliphatic heterocycles. The van der Waals surface area contributed by atoms with Gasteiger partial charge >= 0.3 is 5.97 Å². The molecule has 4 heterocycles. The molecule has 0 bridgehead atoms. The number of carboxylic acids is 1.